The molecule has 2 rings (SSSR count). The molecule has 0 amide bonds. The third-order valence-electron chi connectivity index (χ3n) is 2.71. The molecule has 1 unspecified atom stereocenters. The second kappa shape index (κ2) is 5.69. The fraction of sp³-hybridized carbons (Fsp3) is 0.200. The maximum atomic E-state index is 5.80. The molecule has 0 aliphatic rings. The molecule has 0 spiro atoms. The summed E-state index contributed by atoms with van der Waals surface area (Å²) in [6, 6.07) is 19.0. The molecule has 3 radical (unpaired) electrons. The molecule has 0 fully saturated rings. The summed E-state index contributed by atoms with van der Waals surface area (Å²) in [7, 11) is 3.55. The van der Waals surface area contributed by atoms with E-state index in [4.69, 9.17) is 4.74 Å². The Kier molecular flexibility index (Phi) is 3.99. The first-order valence-corrected chi connectivity index (χ1v) is 6.48. The van der Waals surface area contributed by atoms with Crippen molar-refractivity contribution < 1.29 is 4.74 Å². The minimum atomic E-state index is 0.492. The Bertz CT molecular complexity index is 467. The van der Waals surface area contributed by atoms with E-state index in [0.29, 0.717) is 5.92 Å². The van der Waals surface area contributed by atoms with Gasteiger partial charge in [0.2, 0.25) is 0 Å². The van der Waals surface area contributed by atoms with E-state index in [0.717, 1.165) is 17.5 Å². The van der Waals surface area contributed by atoms with Crippen LogP contribution >= 0.6 is 0 Å². The molecule has 0 aliphatic heterocycles. The number of hydrogen-bond donors (Lipinski definition) is 0. The van der Waals surface area contributed by atoms with Gasteiger partial charge in [-0.05, 0) is 35.7 Å². The first kappa shape index (κ1) is 11.9. The Morgan fingerprint density at radius 3 is 2.41 bits per heavy atom. The van der Waals surface area contributed by atoms with Gasteiger partial charge < -0.3 is 4.74 Å². The van der Waals surface area contributed by atoms with Gasteiger partial charge in [-0.2, -0.15) is 0 Å². The van der Waals surface area contributed by atoms with Gasteiger partial charge in [-0.15, -0.1) is 0 Å². The predicted molar refractivity (Wildman–Crippen MR) is 71.9 cm³/mol. The molecule has 0 N–H and O–H groups in total. The van der Waals surface area contributed by atoms with Crippen LogP contribution in [0.5, 0.6) is 11.5 Å². The molecule has 85 valence electrons. The first-order chi connectivity index (χ1) is 8.29. The van der Waals surface area contributed by atoms with E-state index in [-0.39, 0.29) is 0 Å². The van der Waals surface area contributed by atoms with Gasteiger partial charge in [-0.1, -0.05) is 43.3 Å². The third kappa shape index (κ3) is 3.20. The van der Waals surface area contributed by atoms with Gasteiger partial charge in [0, 0.05) is 10.2 Å². The zero-order valence-corrected chi connectivity index (χ0v) is 10.9. The van der Waals surface area contributed by atoms with Crippen LogP contribution in [-0.4, -0.2) is 10.2 Å². The largest absolute Gasteiger partial charge is 0.457 e. The van der Waals surface area contributed by atoms with E-state index in [1.165, 1.54) is 5.56 Å². The second-order valence-electron chi connectivity index (χ2n) is 4.09. The summed E-state index contributed by atoms with van der Waals surface area (Å²) in [6.45, 7) is 2.19. The quantitative estimate of drug-likeness (QED) is 0.728. The monoisotopic (exact) mass is 239 g/mol. The molecule has 2 aromatic carbocycles. The van der Waals surface area contributed by atoms with Crippen molar-refractivity contribution in [2.75, 3.05) is 0 Å². The summed E-state index contributed by atoms with van der Waals surface area (Å²) >= 11 is 0. The van der Waals surface area contributed by atoms with Gasteiger partial charge in [0.15, 0.2) is 0 Å². The molecule has 0 heterocycles. The fourth-order valence-electron chi connectivity index (χ4n) is 1.63. The van der Waals surface area contributed by atoms with Crippen molar-refractivity contribution in [3.05, 3.63) is 60.2 Å². The van der Waals surface area contributed by atoms with Crippen molar-refractivity contribution in [1.29, 1.82) is 0 Å². The highest BCUT2D eigenvalue weighted by atomic mass is 28.1. The lowest BCUT2D eigenvalue weighted by Gasteiger charge is -2.11. The topological polar surface area (TPSA) is 9.23 Å². The minimum Gasteiger partial charge on any atom is -0.457 e. The molecule has 0 saturated carbocycles. The van der Waals surface area contributed by atoms with Crippen LogP contribution in [0.1, 0.15) is 18.4 Å². The Hall–Kier alpha value is -1.54. The number of benzene rings is 2. The Labute approximate surface area is 106 Å². The van der Waals surface area contributed by atoms with Gasteiger partial charge in [0.25, 0.3) is 0 Å². The van der Waals surface area contributed by atoms with Crippen molar-refractivity contribution in [3.63, 3.8) is 0 Å². The second-order valence-corrected chi connectivity index (χ2v) is 4.50. The number of rotatable bonds is 4. The van der Waals surface area contributed by atoms with Crippen LogP contribution < -0.4 is 4.74 Å². The number of ether oxygens (including phenoxy) is 1. The maximum absolute atomic E-state index is 5.80. The van der Waals surface area contributed by atoms with Gasteiger partial charge >= 0.3 is 0 Å². The van der Waals surface area contributed by atoms with E-state index >= 15 is 0 Å². The molecule has 0 bridgehead atoms. The number of hydrogen-bond acceptors (Lipinski definition) is 1. The highest BCUT2D eigenvalue weighted by Crippen LogP contribution is 2.26. The van der Waals surface area contributed by atoms with E-state index in [1.807, 2.05) is 42.5 Å². The van der Waals surface area contributed by atoms with Gasteiger partial charge in [0.05, 0.1) is 0 Å². The number of para-hydroxylation sites is 1. The molecule has 0 aromatic heterocycles. The van der Waals surface area contributed by atoms with Crippen molar-refractivity contribution >= 4 is 10.2 Å². The van der Waals surface area contributed by atoms with Crippen LogP contribution in [0, 0.1) is 0 Å². The Balaban J connectivity index is 2.17. The summed E-state index contributed by atoms with van der Waals surface area (Å²) < 4.78 is 5.80. The van der Waals surface area contributed by atoms with E-state index in [2.05, 4.69) is 29.3 Å². The lowest BCUT2D eigenvalue weighted by atomic mass is 10.0. The standard InChI is InChI=1S/C15H15OSi/c1-12(11-17)13-6-5-9-15(10-13)16-14-7-3-2-4-8-14/h2-10,12H,11H2,1H3. The first-order valence-electron chi connectivity index (χ1n) is 5.77. The Morgan fingerprint density at radius 2 is 1.71 bits per heavy atom. The summed E-state index contributed by atoms with van der Waals surface area (Å²) in [5, 5.41) is 0. The summed E-state index contributed by atoms with van der Waals surface area (Å²) in [4.78, 5) is 0. The zero-order chi connectivity index (χ0) is 12.1. The minimum absolute atomic E-state index is 0.492. The lowest BCUT2D eigenvalue weighted by molar-refractivity contribution is 0.481. The molecule has 2 heteroatoms. The van der Waals surface area contributed by atoms with E-state index in [9.17, 15) is 0 Å². The van der Waals surface area contributed by atoms with Crippen LogP contribution in [-0.2, 0) is 0 Å². The average Bonchev–Trinajstić information content (AvgIpc) is 2.39. The predicted octanol–water partition coefficient (Wildman–Crippen LogP) is 4.17. The SMILES string of the molecule is CC(C[Si])c1cccc(Oc2ccccc2)c1. The van der Waals surface area contributed by atoms with Gasteiger partial charge in [-0.3, -0.25) is 0 Å². The summed E-state index contributed by atoms with van der Waals surface area (Å²) in [5.41, 5.74) is 1.29. The Morgan fingerprint density at radius 1 is 1.00 bits per heavy atom. The van der Waals surface area contributed by atoms with Crippen molar-refractivity contribution in [2.24, 2.45) is 0 Å². The van der Waals surface area contributed by atoms with Crippen LogP contribution in [0.4, 0.5) is 0 Å². The van der Waals surface area contributed by atoms with E-state index in [1.54, 1.807) is 0 Å². The molecular weight excluding hydrogens is 224 g/mol. The van der Waals surface area contributed by atoms with Crippen molar-refractivity contribution in [1.82, 2.24) is 0 Å². The van der Waals surface area contributed by atoms with Gasteiger partial charge in [-0.25, -0.2) is 0 Å². The van der Waals surface area contributed by atoms with Gasteiger partial charge in [0.1, 0.15) is 11.5 Å². The summed E-state index contributed by atoms with van der Waals surface area (Å²) in [5.74, 6) is 2.25. The van der Waals surface area contributed by atoms with E-state index < -0.39 is 0 Å². The lowest BCUT2D eigenvalue weighted by Crippen LogP contribution is -1.93. The fourth-order valence-corrected chi connectivity index (χ4v) is 1.86. The maximum Gasteiger partial charge on any atom is 0.127 e. The van der Waals surface area contributed by atoms with Crippen LogP contribution in [0.3, 0.4) is 0 Å². The molecule has 1 nitrogen and oxygen atoms in total. The van der Waals surface area contributed by atoms with Crippen molar-refractivity contribution in [2.45, 2.75) is 18.9 Å². The molecule has 0 aliphatic carbocycles. The molecular formula is C15H15OSi. The molecule has 1 atom stereocenters. The normalized spacial score (nSPS) is 12.1. The van der Waals surface area contributed by atoms with Crippen LogP contribution in [0.15, 0.2) is 54.6 Å². The molecule has 17 heavy (non-hydrogen) atoms. The zero-order valence-electron chi connectivity index (χ0n) is 9.89. The third-order valence-corrected chi connectivity index (χ3v) is 3.32. The van der Waals surface area contributed by atoms with Crippen LogP contribution in [0.2, 0.25) is 6.04 Å². The highest BCUT2D eigenvalue weighted by molar-refractivity contribution is 6.09. The smallest absolute Gasteiger partial charge is 0.127 e. The van der Waals surface area contributed by atoms with Crippen molar-refractivity contribution in [3.8, 4) is 11.5 Å². The molecule has 0 saturated heterocycles. The summed E-state index contributed by atoms with van der Waals surface area (Å²) in [6.07, 6.45) is 0. The van der Waals surface area contributed by atoms with Crippen LogP contribution in [0.25, 0.3) is 0 Å². The molecule has 2 aromatic rings. The highest BCUT2D eigenvalue weighted by Gasteiger charge is 2.04. The average molecular weight is 239 g/mol.